The summed E-state index contributed by atoms with van der Waals surface area (Å²) < 4.78 is 2.30. The highest BCUT2D eigenvalue weighted by Gasteiger charge is 2.42. The predicted molar refractivity (Wildman–Crippen MR) is 124 cm³/mol. The van der Waals surface area contributed by atoms with Crippen molar-refractivity contribution in [2.45, 2.75) is 43.8 Å². The Balaban J connectivity index is 1.21. The fourth-order valence-electron chi connectivity index (χ4n) is 4.76. The van der Waals surface area contributed by atoms with Crippen LogP contribution in [0.3, 0.4) is 0 Å². The van der Waals surface area contributed by atoms with Crippen LogP contribution in [0.15, 0.2) is 53.8 Å². The van der Waals surface area contributed by atoms with E-state index in [4.69, 9.17) is 0 Å². The Labute approximate surface area is 187 Å². The largest absolute Gasteiger partial charge is 0.372 e. The molecule has 7 heteroatoms. The van der Waals surface area contributed by atoms with Crippen molar-refractivity contribution in [3.8, 4) is 5.69 Å². The van der Waals surface area contributed by atoms with Crippen LogP contribution in [0.5, 0.6) is 0 Å². The lowest BCUT2D eigenvalue weighted by atomic mass is 9.82. The molecule has 0 radical (unpaired) electrons. The van der Waals surface area contributed by atoms with Gasteiger partial charge in [-0.2, -0.15) is 0 Å². The SMILES string of the molecule is Cc1cc(C)nc(SCCC(=O)N2CCC3(CC2)Nc2ccccc2-n2cccc23)n1. The molecule has 3 aromatic rings. The molecule has 0 atom stereocenters. The summed E-state index contributed by atoms with van der Waals surface area (Å²) in [5, 5.41) is 4.57. The van der Waals surface area contributed by atoms with Crippen molar-refractivity contribution >= 4 is 23.4 Å². The highest BCUT2D eigenvalue weighted by molar-refractivity contribution is 7.99. The number of benzene rings is 1. The molecule has 5 rings (SSSR count). The Bertz CT molecular complexity index is 1100. The number of piperidine rings is 1. The average Bonchev–Trinajstić information content (AvgIpc) is 3.25. The molecule has 4 heterocycles. The molecule has 1 spiro atoms. The van der Waals surface area contributed by atoms with Crippen molar-refractivity contribution in [1.29, 1.82) is 0 Å². The van der Waals surface area contributed by atoms with E-state index in [1.54, 1.807) is 11.8 Å². The van der Waals surface area contributed by atoms with Gasteiger partial charge in [0.05, 0.1) is 16.9 Å². The van der Waals surface area contributed by atoms with Crippen molar-refractivity contribution in [1.82, 2.24) is 19.4 Å². The Morgan fingerprint density at radius 3 is 2.61 bits per heavy atom. The van der Waals surface area contributed by atoms with Crippen LogP contribution >= 0.6 is 11.8 Å². The van der Waals surface area contributed by atoms with E-state index in [9.17, 15) is 4.79 Å². The zero-order valence-electron chi connectivity index (χ0n) is 18.0. The summed E-state index contributed by atoms with van der Waals surface area (Å²) in [7, 11) is 0. The molecule has 2 aliphatic heterocycles. The number of hydrogen-bond acceptors (Lipinski definition) is 5. The number of nitrogens with zero attached hydrogens (tertiary/aromatic N) is 4. The molecular formula is C24H27N5OS. The number of anilines is 1. The van der Waals surface area contributed by atoms with Crippen LogP contribution in [0.2, 0.25) is 0 Å². The summed E-state index contributed by atoms with van der Waals surface area (Å²) in [4.78, 5) is 23.8. The highest BCUT2D eigenvalue weighted by atomic mass is 32.2. The Morgan fingerprint density at radius 2 is 1.84 bits per heavy atom. The van der Waals surface area contributed by atoms with Gasteiger partial charge in [-0.05, 0) is 57.0 Å². The van der Waals surface area contributed by atoms with Crippen LogP contribution in [0, 0.1) is 13.8 Å². The normalized spacial score (nSPS) is 16.5. The minimum Gasteiger partial charge on any atom is -0.372 e. The summed E-state index contributed by atoms with van der Waals surface area (Å²) in [6.45, 7) is 5.48. The topological polar surface area (TPSA) is 63.1 Å². The van der Waals surface area contributed by atoms with Crippen molar-refractivity contribution in [3.63, 3.8) is 0 Å². The van der Waals surface area contributed by atoms with E-state index >= 15 is 0 Å². The second-order valence-corrected chi connectivity index (χ2v) is 9.46. The van der Waals surface area contributed by atoms with Gasteiger partial charge in [0.2, 0.25) is 5.91 Å². The second kappa shape index (κ2) is 8.04. The minimum absolute atomic E-state index is 0.115. The summed E-state index contributed by atoms with van der Waals surface area (Å²) in [6, 6.07) is 14.7. The van der Waals surface area contributed by atoms with Gasteiger partial charge in [-0.1, -0.05) is 23.9 Å². The number of aromatic nitrogens is 3. The van der Waals surface area contributed by atoms with Crippen molar-refractivity contribution in [2.24, 2.45) is 0 Å². The van der Waals surface area contributed by atoms with Gasteiger partial charge < -0.3 is 14.8 Å². The third-order valence-electron chi connectivity index (χ3n) is 6.26. The quantitative estimate of drug-likeness (QED) is 0.491. The Hall–Kier alpha value is -2.80. The maximum absolute atomic E-state index is 12.8. The number of likely N-dealkylation sites (tertiary alicyclic amines) is 1. The maximum atomic E-state index is 12.8. The van der Waals surface area contributed by atoms with Crippen LogP contribution in [0.4, 0.5) is 5.69 Å². The second-order valence-electron chi connectivity index (χ2n) is 8.40. The third-order valence-corrected chi connectivity index (χ3v) is 7.10. The number of carbonyl (C=O) groups is 1. The lowest BCUT2D eigenvalue weighted by Gasteiger charge is -2.46. The third kappa shape index (κ3) is 3.82. The Morgan fingerprint density at radius 1 is 1.10 bits per heavy atom. The van der Waals surface area contributed by atoms with E-state index in [1.807, 2.05) is 24.8 Å². The lowest BCUT2D eigenvalue weighted by Crippen LogP contribution is -2.51. The molecule has 2 aliphatic rings. The zero-order valence-corrected chi connectivity index (χ0v) is 18.8. The number of hydrogen-bond donors (Lipinski definition) is 1. The van der Waals surface area contributed by atoms with E-state index in [2.05, 4.69) is 62.4 Å². The molecule has 1 N–H and O–H groups in total. The van der Waals surface area contributed by atoms with E-state index in [-0.39, 0.29) is 11.4 Å². The minimum atomic E-state index is -0.115. The first-order chi connectivity index (χ1) is 15.0. The monoisotopic (exact) mass is 433 g/mol. The van der Waals surface area contributed by atoms with E-state index in [0.717, 1.165) is 48.2 Å². The molecule has 1 saturated heterocycles. The first-order valence-electron chi connectivity index (χ1n) is 10.8. The predicted octanol–water partition coefficient (Wildman–Crippen LogP) is 4.31. The molecule has 31 heavy (non-hydrogen) atoms. The van der Waals surface area contributed by atoms with Gasteiger partial charge in [-0.15, -0.1) is 0 Å². The van der Waals surface area contributed by atoms with Crippen molar-refractivity contribution in [2.75, 3.05) is 24.2 Å². The molecule has 160 valence electrons. The smallest absolute Gasteiger partial charge is 0.223 e. The lowest BCUT2D eigenvalue weighted by molar-refractivity contribution is -0.132. The van der Waals surface area contributed by atoms with E-state index < -0.39 is 0 Å². The van der Waals surface area contributed by atoms with Gasteiger partial charge in [0, 0.05) is 48.5 Å². The average molecular weight is 434 g/mol. The van der Waals surface area contributed by atoms with Crippen LogP contribution < -0.4 is 5.32 Å². The Kier molecular flexibility index (Phi) is 5.22. The van der Waals surface area contributed by atoms with Crippen LogP contribution in [0.1, 0.15) is 36.3 Å². The molecule has 0 unspecified atom stereocenters. The maximum Gasteiger partial charge on any atom is 0.223 e. The van der Waals surface area contributed by atoms with Gasteiger partial charge in [-0.3, -0.25) is 4.79 Å². The molecule has 1 amide bonds. The fraction of sp³-hybridized carbons (Fsp3) is 0.375. The molecule has 2 aromatic heterocycles. The highest BCUT2D eigenvalue weighted by Crippen LogP contribution is 2.43. The van der Waals surface area contributed by atoms with Gasteiger partial charge in [0.1, 0.15) is 0 Å². The van der Waals surface area contributed by atoms with Crippen molar-refractivity contribution < 1.29 is 4.79 Å². The van der Waals surface area contributed by atoms with Gasteiger partial charge in [0.15, 0.2) is 5.16 Å². The van der Waals surface area contributed by atoms with E-state index in [1.165, 1.54) is 11.4 Å². The van der Waals surface area contributed by atoms with E-state index in [0.29, 0.717) is 12.2 Å². The molecule has 6 nitrogen and oxygen atoms in total. The molecule has 1 aromatic carbocycles. The first-order valence-corrected chi connectivity index (χ1v) is 11.8. The molecular weight excluding hydrogens is 406 g/mol. The number of amides is 1. The molecule has 0 saturated carbocycles. The number of para-hydroxylation sites is 2. The first kappa shape index (κ1) is 20.1. The van der Waals surface area contributed by atoms with Gasteiger partial charge in [0.25, 0.3) is 0 Å². The summed E-state index contributed by atoms with van der Waals surface area (Å²) >= 11 is 1.56. The number of aryl methyl sites for hydroxylation is 2. The number of carbonyl (C=O) groups excluding carboxylic acids is 1. The van der Waals surface area contributed by atoms with Gasteiger partial charge >= 0.3 is 0 Å². The standard InChI is InChI=1S/C24H27N5OS/c1-17-16-18(2)26-23(25-17)31-15-9-22(30)28-13-10-24(11-14-28)21-8-5-12-29(21)20-7-4-3-6-19(20)27-24/h3-8,12,16,27H,9-11,13-15H2,1-2H3. The van der Waals surface area contributed by atoms with Crippen LogP contribution in [-0.2, 0) is 10.3 Å². The molecule has 0 aliphatic carbocycles. The van der Waals surface area contributed by atoms with Gasteiger partial charge in [-0.25, -0.2) is 9.97 Å². The van der Waals surface area contributed by atoms with Crippen LogP contribution in [-0.4, -0.2) is 44.2 Å². The number of fused-ring (bicyclic) bond motifs is 4. The summed E-state index contributed by atoms with van der Waals surface area (Å²) in [5.41, 5.74) is 5.47. The van der Waals surface area contributed by atoms with Crippen LogP contribution in [0.25, 0.3) is 5.69 Å². The molecule has 1 fully saturated rings. The summed E-state index contributed by atoms with van der Waals surface area (Å²) in [5.74, 6) is 0.927. The number of rotatable bonds is 4. The zero-order chi connectivity index (χ0) is 21.4. The molecule has 0 bridgehead atoms. The number of nitrogens with one attached hydrogen (secondary N) is 1. The fourth-order valence-corrected chi connectivity index (χ4v) is 5.63. The van der Waals surface area contributed by atoms with Crippen molar-refractivity contribution in [3.05, 3.63) is 65.7 Å². The summed E-state index contributed by atoms with van der Waals surface area (Å²) in [6.07, 6.45) is 4.47. The number of thioether (sulfide) groups is 1.